The molecule has 0 fully saturated rings. The van der Waals surface area contributed by atoms with E-state index < -0.39 is 6.04 Å². The summed E-state index contributed by atoms with van der Waals surface area (Å²) in [5, 5.41) is 3.43. The highest BCUT2D eigenvalue weighted by molar-refractivity contribution is 5.84. The fraction of sp³-hybridized carbons (Fsp3) is 0.250. The summed E-state index contributed by atoms with van der Waals surface area (Å²) < 4.78 is 10.7. The quantitative estimate of drug-likeness (QED) is 0.507. The summed E-state index contributed by atoms with van der Waals surface area (Å²) in [7, 11) is 3.26. The summed E-state index contributed by atoms with van der Waals surface area (Å²) in [5.41, 5.74) is 17.2. The minimum atomic E-state index is -0.768. The van der Waals surface area contributed by atoms with E-state index in [0.29, 0.717) is 12.1 Å². The topological polar surface area (TPSA) is 112 Å². The molecule has 0 saturated carbocycles. The molecular weight excluding hydrogens is 392 g/mol. The van der Waals surface area contributed by atoms with Crippen molar-refractivity contribution in [3.05, 3.63) is 65.2 Å². The maximum atomic E-state index is 11.6. The smallest absolute Gasteiger partial charge is 0.151 e. The SMILES string of the molecule is COc1cc(CNc2ccc(C)c(-c3ccc(C(N)C(C)=O)c(N)n3)c2)cc(OC)c1. The number of aromatic nitrogens is 1. The van der Waals surface area contributed by atoms with Gasteiger partial charge in [-0.1, -0.05) is 12.1 Å². The lowest BCUT2D eigenvalue weighted by molar-refractivity contribution is -0.118. The largest absolute Gasteiger partial charge is 0.497 e. The number of Topliss-reactive ketones (excluding diaryl/α,β-unsaturated/α-hetero) is 1. The first kappa shape index (κ1) is 22.1. The number of nitrogens with zero attached hydrogens (tertiary/aromatic N) is 1. The van der Waals surface area contributed by atoms with Gasteiger partial charge in [-0.2, -0.15) is 0 Å². The number of pyridine rings is 1. The molecule has 1 aromatic heterocycles. The Bertz CT molecular complexity index is 1080. The molecule has 2 aromatic carbocycles. The molecule has 3 aromatic rings. The van der Waals surface area contributed by atoms with Crippen LogP contribution in [-0.4, -0.2) is 25.0 Å². The number of carbonyl (C=O) groups excluding carboxylic acids is 1. The molecule has 3 rings (SSSR count). The van der Waals surface area contributed by atoms with Gasteiger partial charge in [-0.25, -0.2) is 4.98 Å². The van der Waals surface area contributed by atoms with Crippen molar-refractivity contribution < 1.29 is 14.3 Å². The molecule has 0 radical (unpaired) electrons. The molecule has 31 heavy (non-hydrogen) atoms. The van der Waals surface area contributed by atoms with Crippen LogP contribution in [0.2, 0.25) is 0 Å². The van der Waals surface area contributed by atoms with Gasteiger partial charge in [0.15, 0.2) is 5.78 Å². The van der Waals surface area contributed by atoms with Crippen molar-refractivity contribution in [3.63, 3.8) is 0 Å². The number of hydrogen-bond donors (Lipinski definition) is 3. The molecule has 0 saturated heterocycles. The number of benzene rings is 2. The van der Waals surface area contributed by atoms with Crippen LogP contribution in [0.3, 0.4) is 0 Å². The molecule has 0 aliphatic heterocycles. The Morgan fingerprint density at radius 3 is 2.32 bits per heavy atom. The van der Waals surface area contributed by atoms with Gasteiger partial charge in [0.1, 0.15) is 17.3 Å². The molecule has 7 heteroatoms. The molecule has 162 valence electrons. The van der Waals surface area contributed by atoms with E-state index in [-0.39, 0.29) is 11.6 Å². The van der Waals surface area contributed by atoms with Crippen molar-refractivity contribution in [1.29, 1.82) is 0 Å². The van der Waals surface area contributed by atoms with Crippen molar-refractivity contribution in [3.8, 4) is 22.8 Å². The van der Waals surface area contributed by atoms with Crippen LogP contribution in [0.25, 0.3) is 11.3 Å². The van der Waals surface area contributed by atoms with E-state index in [0.717, 1.165) is 39.6 Å². The normalized spacial score (nSPS) is 11.6. The first-order chi connectivity index (χ1) is 14.8. The Balaban J connectivity index is 1.84. The molecule has 1 unspecified atom stereocenters. The van der Waals surface area contributed by atoms with Gasteiger partial charge in [0.2, 0.25) is 0 Å². The van der Waals surface area contributed by atoms with Crippen molar-refractivity contribution in [1.82, 2.24) is 4.98 Å². The number of methoxy groups -OCH3 is 2. The summed E-state index contributed by atoms with van der Waals surface area (Å²) in [6.07, 6.45) is 0. The average molecular weight is 421 g/mol. The second kappa shape index (κ2) is 9.49. The van der Waals surface area contributed by atoms with Crippen LogP contribution in [0.4, 0.5) is 11.5 Å². The second-order valence-corrected chi connectivity index (χ2v) is 7.36. The monoisotopic (exact) mass is 420 g/mol. The number of nitrogens with one attached hydrogen (secondary N) is 1. The first-order valence-corrected chi connectivity index (χ1v) is 9.91. The Kier molecular flexibility index (Phi) is 6.77. The highest BCUT2D eigenvalue weighted by atomic mass is 16.5. The van der Waals surface area contributed by atoms with Gasteiger partial charge >= 0.3 is 0 Å². The minimum Gasteiger partial charge on any atom is -0.497 e. The third-order valence-electron chi connectivity index (χ3n) is 5.15. The molecule has 0 aliphatic rings. The maximum absolute atomic E-state index is 11.6. The van der Waals surface area contributed by atoms with E-state index >= 15 is 0 Å². The lowest BCUT2D eigenvalue weighted by atomic mass is 10.0. The van der Waals surface area contributed by atoms with Crippen molar-refractivity contribution >= 4 is 17.3 Å². The van der Waals surface area contributed by atoms with Crippen LogP contribution in [0.1, 0.15) is 29.7 Å². The Hall–Kier alpha value is -3.58. The fourth-order valence-corrected chi connectivity index (χ4v) is 3.30. The van der Waals surface area contributed by atoms with E-state index in [1.165, 1.54) is 6.92 Å². The number of anilines is 2. The van der Waals surface area contributed by atoms with Gasteiger partial charge in [0.05, 0.1) is 26.0 Å². The van der Waals surface area contributed by atoms with Crippen LogP contribution < -0.4 is 26.3 Å². The molecule has 0 amide bonds. The Labute approximate surface area is 182 Å². The summed E-state index contributed by atoms with van der Waals surface area (Å²) >= 11 is 0. The molecular formula is C24H28N4O3. The zero-order valence-corrected chi connectivity index (χ0v) is 18.2. The zero-order valence-electron chi connectivity index (χ0n) is 18.2. The van der Waals surface area contributed by atoms with E-state index in [9.17, 15) is 4.79 Å². The number of ether oxygens (including phenoxy) is 2. The van der Waals surface area contributed by atoms with E-state index in [1.54, 1.807) is 20.3 Å². The number of aryl methyl sites for hydroxylation is 1. The molecule has 1 heterocycles. The highest BCUT2D eigenvalue weighted by Crippen LogP contribution is 2.29. The van der Waals surface area contributed by atoms with Gasteiger partial charge in [0, 0.05) is 29.4 Å². The number of hydrogen-bond acceptors (Lipinski definition) is 7. The summed E-state index contributed by atoms with van der Waals surface area (Å²) in [6.45, 7) is 4.05. The number of ketones is 1. The standard InChI is InChI=1S/C24H28N4O3/c1-14-5-6-17(27-13-16-9-18(30-3)12-19(10-16)31-4)11-21(14)22-8-7-20(24(26)28-22)23(25)15(2)29/h5-12,23,27H,13,25H2,1-4H3,(H2,26,28). The number of nitrogens with two attached hydrogens (primary N) is 2. The lowest BCUT2D eigenvalue weighted by Crippen LogP contribution is -2.20. The number of rotatable bonds is 8. The van der Waals surface area contributed by atoms with E-state index in [2.05, 4.69) is 10.3 Å². The van der Waals surface area contributed by atoms with E-state index in [1.807, 2.05) is 49.4 Å². The van der Waals surface area contributed by atoms with Gasteiger partial charge in [-0.05, 0) is 55.3 Å². The summed E-state index contributed by atoms with van der Waals surface area (Å²) in [4.78, 5) is 16.1. The average Bonchev–Trinajstić information content (AvgIpc) is 2.77. The van der Waals surface area contributed by atoms with Gasteiger partial charge in [0.25, 0.3) is 0 Å². The highest BCUT2D eigenvalue weighted by Gasteiger charge is 2.16. The summed E-state index contributed by atoms with van der Waals surface area (Å²) in [5.74, 6) is 1.59. The number of carbonyl (C=O) groups is 1. The number of nitrogen functional groups attached to an aromatic ring is 1. The van der Waals surface area contributed by atoms with Crippen LogP contribution in [0.5, 0.6) is 11.5 Å². The maximum Gasteiger partial charge on any atom is 0.151 e. The third kappa shape index (κ3) is 5.13. The zero-order chi connectivity index (χ0) is 22.5. The molecule has 0 bridgehead atoms. The van der Waals surface area contributed by atoms with Gasteiger partial charge in [-0.3, -0.25) is 4.79 Å². The molecule has 7 nitrogen and oxygen atoms in total. The summed E-state index contributed by atoms with van der Waals surface area (Å²) in [6, 6.07) is 14.7. The predicted molar refractivity (Wildman–Crippen MR) is 123 cm³/mol. The van der Waals surface area contributed by atoms with Gasteiger partial charge in [-0.15, -0.1) is 0 Å². The molecule has 5 N–H and O–H groups in total. The van der Waals surface area contributed by atoms with Crippen molar-refractivity contribution in [2.24, 2.45) is 5.73 Å². The third-order valence-corrected chi connectivity index (χ3v) is 5.15. The second-order valence-electron chi connectivity index (χ2n) is 7.36. The lowest BCUT2D eigenvalue weighted by Gasteiger charge is -2.15. The van der Waals surface area contributed by atoms with Crippen LogP contribution >= 0.6 is 0 Å². The van der Waals surface area contributed by atoms with Crippen molar-refractivity contribution in [2.75, 3.05) is 25.3 Å². The molecule has 0 spiro atoms. The van der Waals surface area contributed by atoms with Gasteiger partial charge < -0.3 is 26.3 Å². The predicted octanol–water partition coefficient (Wildman–Crippen LogP) is 3.86. The first-order valence-electron chi connectivity index (χ1n) is 9.91. The molecule has 1 atom stereocenters. The van der Waals surface area contributed by atoms with Crippen LogP contribution in [0, 0.1) is 6.92 Å². The van der Waals surface area contributed by atoms with E-state index in [4.69, 9.17) is 20.9 Å². The van der Waals surface area contributed by atoms with Crippen LogP contribution in [0.15, 0.2) is 48.5 Å². The minimum absolute atomic E-state index is 0.155. The van der Waals surface area contributed by atoms with Crippen molar-refractivity contribution in [2.45, 2.75) is 26.4 Å². The Morgan fingerprint density at radius 2 is 1.74 bits per heavy atom. The molecule has 0 aliphatic carbocycles. The van der Waals surface area contributed by atoms with Crippen LogP contribution in [-0.2, 0) is 11.3 Å². The fourth-order valence-electron chi connectivity index (χ4n) is 3.30. The Morgan fingerprint density at radius 1 is 1.06 bits per heavy atom.